The number of nitrogens with zero attached hydrogens (tertiary/aromatic N) is 1. The molecule has 5 aliphatic rings. The number of urea groups is 1. The molecule has 4 bridgehead atoms. The number of rotatable bonds is 7. The minimum Gasteiger partial charge on any atom is -0.482 e. The molecule has 2 aromatic carbocycles. The topological polar surface area (TPSA) is 102 Å². The van der Waals surface area contributed by atoms with E-state index in [4.69, 9.17) is 9.47 Å². The van der Waals surface area contributed by atoms with Gasteiger partial charge in [-0.2, -0.15) is 0 Å². The molecule has 5 fully saturated rings. The van der Waals surface area contributed by atoms with E-state index in [1.54, 1.807) is 31.2 Å². The monoisotopic (exact) mass is 528 g/mol. The van der Waals surface area contributed by atoms with Gasteiger partial charge in [-0.25, -0.2) is 14.5 Å². The van der Waals surface area contributed by atoms with Gasteiger partial charge in [0.1, 0.15) is 11.3 Å². The Hall–Kier alpha value is -3.94. The van der Waals surface area contributed by atoms with Crippen LogP contribution in [-0.2, 0) is 24.5 Å². The number of amides is 4. The summed E-state index contributed by atoms with van der Waals surface area (Å²) in [5, 5.41) is 2.29. The van der Waals surface area contributed by atoms with Crippen LogP contribution in [0.15, 0.2) is 54.1 Å². The van der Waals surface area contributed by atoms with Gasteiger partial charge in [-0.05, 0) is 110 Å². The molecule has 0 aromatic heterocycles. The molecule has 0 radical (unpaired) electrons. The van der Waals surface area contributed by atoms with E-state index in [1.807, 2.05) is 12.1 Å². The lowest BCUT2D eigenvalue weighted by Gasteiger charge is -2.57. The van der Waals surface area contributed by atoms with Crippen molar-refractivity contribution in [2.24, 2.45) is 17.8 Å². The number of ether oxygens (including phenoxy) is 2. The molecule has 1 N–H and O–H groups in total. The average molecular weight is 529 g/mol. The molecule has 0 spiro atoms. The predicted octanol–water partition coefficient (Wildman–Crippen LogP) is 4.76. The molecule has 0 unspecified atom stereocenters. The summed E-state index contributed by atoms with van der Waals surface area (Å²) < 4.78 is 10.2. The Morgan fingerprint density at radius 1 is 0.949 bits per heavy atom. The summed E-state index contributed by atoms with van der Waals surface area (Å²) in [6.45, 7) is 1.78. The Kier molecular flexibility index (Phi) is 6.49. The number of esters is 1. The maximum atomic E-state index is 13.4. The van der Waals surface area contributed by atoms with Crippen LogP contribution in [0.2, 0.25) is 0 Å². The number of anilines is 1. The van der Waals surface area contributed by atoms with E-state index in [2.05, 4.69) is 17.4 Å². The summed E-state index contributed by atoms with van der Waals surface area (Å²) >= 11 is 0. The number of hydrogen-bond donors (Lipinski definition) is 1. The molecule has 4 aliphatic carbocycles. The van der Waals surface area contributed by atoms with Gasteiger partial charge in [-0.1, -0.05) is 24.3 Å². The summed E-state index contributed by atoms with van der Waals surface area (Å²) in [6.07, 6.45) is 9.24. The van der Waals surface area contributed by atoms with Gasteiger partial charge >= 0.3 is 12.0 Å². The van der Waals surface area contributed by atoms with Crippen molar-refractivity contribution in [1.29, 1.82) is 0 Å². The van der Waals surface area contributed by atoms with E-state index in [1.165, 1.54) is 50.2 Å². The first-order valence-electron chi connectivity index (χ1n) is 13.7. The number of carbonyl (C=O) groups excluding carboxylic acids is 4. The fraction of sp³-hybridized carbons (Fsp3) is 0.419. The van der Waals surface area contributed by atoms with E-state index >= 15 is 0 Å². The average Bonchev–Trinajstić information content (AvgIpc) is 2.90. The first kappa shape index (κ1) is 25.3. The molecule has 8 nitrogen and oxygen atoms in total. The zero-order valence-corrected chi connectivity index (χ0v) is 22.0. The van der Waals surface area contributed by atoms with Crippen LogP contribution in [0.25, 0.3) is 6.08 Å². The van der Waals surface area contributed by atoms with Crippen LogP contribution in [0, 0.1) is 17.8 Å². The lowest BCUT2D eigenvalue weighted by molar-refractivity contribution is -0.145. The van der Waals surface area contributed by atoms with E-state index < -0.39 is 23.8 Å². The minimum atomic E-state index is -0.757. The lowest BCUT2D eigenvalue weighted by Crippen LogP contribution is -2.54. The number of hydrogen-bond acceptors (Lipinski definition) is 6. The van der Waals surface area contributed by atoms with Gasteiger partial charge in [0.25, 0.3) is 11.8 Å². The van der Waals surface area contributed by atoms with Gasteiger partial charge in [0.05, 0.1) is 12.3 Å². The second-order valence-corrected chi connectivity index (χ2v) is 11.4. The largest absolute Gasteiger partial charge is 0.482 e. The van der Waals surface area contributed by atoms with Crippen molar-refractivity contribution in [1.82, 2.24) is 5.32 Å². The Balaban J connectivity index is 1.19. The first-order chi connectivity index (χ1) is 18.8. The van der Waals surface area contributed by atoms with Crippen molar-refractivity contribution in [3.63, 3.8) is 0 Å². The minimum absolute atomic E-state index is 0.139. The van der Waals surface area contributed by atoms with Crippen LogP contribution in [0.1, 0.15) is 56.6 Å². The molecule has 1 saturated heterocycles. The number of carbonyl (C=O) groups is 4. The fourth-order valence-corrected chi connectivity index (χ4v) is 7.49. The SMILES string of the molecule is CCOC(=O)COc1ccc(/C=C2\C(=O)NC(=O)N(c3ccc(C45CC6CC(CC(C6)C4)C5)cc3)C2=O)cc1. The molecule has 4 saturated carbocycles. The van der Waals surface area contributed by atoms with Crippen molar-refractivity contribution in [3.8, 4) is 5.75 Å². The van der Waals surface area contributed by atoms with Gasteiger partial charge in [0.2, 0.25) is 0 Å². The number of nitrogens with one attached hydrogen (secondary N) is 1. The van der Waals surface area contributed by atoms with Crippen LogP contribution in [0.5, 0.6) is 5.75 Å². The Bertz CT molecular complexity index is 1310. The van der Waals surface area contributed by atoms with E-state index in [0.717, 1.165) is 22.7 Å². The Morgan fingerprint density at radius 2 is 1.56 bits per heavy atom. The second kappa shape index (κ2) is 9.98. The standard InChI is InChI=1S/C31H32N2O6/c1-2-38-27(34)18-39-25-9-3-19(4-10-25)14-26-28(35)32-30(37)33(29(26)36)24-7-5-23(6-8-24)31-15-20-11-21(16-31)13-22(12-20)17-31/h3-10,14,20-22H,2,11-13,15-18H2,1H3,(H,32,35,37)/b26-14+. The van der Waals surface area contributed by atoms with Crippen molar-refractivity contribution in [3.05, 3.63) is 65.2 Å². The highest BCUT2D eigenvalue weighted by molar-refractivity contribution is 6.39. The molecule has 7 rings (SSSR count). The molecule has 4 amide bonds. The Morgan fingerprint density at radius 3 is 2.15 bits per heavy atom. The smallest absolute Gasteiger partial charge is 0.344 e. The molecular formula is C31H32N2O6. The van der Waals surface area contributed by atoms with Crippen LogP contribution < -0.4 is 15.0 Å². The third-order valence-corrected chi connectivity index (χ3v) is 8.73. The summed E-state index contributed by atoms with van der Waals surface area (Å²) in [7, 11) is 0. The van der Waals surface area contributed by atoms with Gasteiger partial charge in [0, 0.05) is 0 Å². The highest BCUT2D eigenvalue weighted by atomic mass is 16.6. The molecule has 1 heterocycles. The highest BCUT2D eigenvalue weighted by Crippen LogP contribution is 2.60. The van der Waals surface area contributed by atoms with E-state index in [9.17, 15) is 19.2 Å². The molecule has 8 heteroatoms. The Labute approximate surface area is 227 Å². The third kappa shape index (κ3) is 4.84. The van der Waals surface area contributed by atoms with Crippen molar-refractivity contribution in [2.45, 2.75) is 50.9 Å². The van der Waals surface area contributed by atoms with Gasteiger partial charge in [-0.15, -0.1) is 0 Å². The quantitative estimate of drug-likeness (QED) is 0.316. The zero-order valence-electron chi connectivity index (χ0n) is 22.0. The maximum Gasteiger partial charge on any atom is 0.344 e. The molecule has 202 valence electrons. The lowest BCUT2D eigenvalue weighted by atomic mass is 9.48. The maximum absolute atomic E-state index is 13.4. The number of barbiturate groups is 1. The fourth-order valence-electron chi connectivity index (χ4n) is 7.49. The van der Waals surface area contributed by atoms with Gasteiger partial charge < -0.3 is 9.47 Å². The van der Waals surface area contributed by atoms with Gasteiger partial charge in [-0.3, -0.25) is 14.9 Å². The second-order valence-electron chi connectivity index (χ2n) is 11.4. The van der Waals surface area contributed by atoms with Crippen molar-refractivity contribution < 1.29 is 28.7 Å². The molecule has 1 aliphatic heterocycles. The van der Waals surface area contributed by atoms with Gasteiger partial charge in [0.15, 0.2) is 6.61 Å². The third-order valence-electron chi connectivity index (χ3n) is 8.73. The zero-order chi connectivity index (χ0) is 27.1. The number of imide groups is 2. The highest BCUT2D eigenvalue weighted by Gasteiger charge is 2.51. The summed E-state index contributed by atoms with van der Waals surface area (Å²) in [5.74, 6) is 1.03. The summed E-state index contributed by atoms with van der Waals surface area (Å²) in [4.78, 5) is 51.2. The number of benzene rings is 2. The normalized spacial score (nSPS) is 28.5. The first-order valence-corrected chi connectivity index (χ1v) is 13.7. The van der Waals surface area contributed by atoms with Crippen molar-refractivity contribution in [2.75, 3.05) is 18.1 Å². The van der Waals surface area contributed by atoms with Crippen LogP contribution in [0.4, 0.5) is 10.5 Å². The summed E-state index contributed by atoms with van der Waals surface area (Å²) in [6, 6.07) is 13.6. The van der Waals surface area contributed by atoms with Crippen LogP contribution >= 0.6 is 0 Å². The molecule has 0 atom stereocenters. The molecule has 39 heavy (non-hydrogen) atoms. The predicted molar refractivity (Wildman–Crippen MR) is 144 cm³/mol. The van der Waals surface area contributed by atoms with Crippen molar-refractivity contribution >= 4 is 35.6 Å². The molecule has 2 aromatic rings. The summed E-state index contributed by atoms with van der Waals surface area (Å²) in [5.41, 5.74) is 2.39. The van der Waals surface area contributed by atoms with Crippen LogP contribution in [0.3, 0.4) is 0 Å². The van der Waals surface area contributed by atoms with E-state index in [-0.39, 0.29) is 24.2 Å². The van der Waals surface area contributed by atoms with Crippen LogP contribution in [-0.4, -0.2) is 37.0 Å². The van der Waals surface area contributed by atoms with E-state index in [0.29, 0.717) is 17.0 Å². The molecular weight excluding hydrogens is 496 g/mol.